The molecule has 0 N–H and O–H groups in total. The van der Waals surface area contributed by atoms with Gasteiger partial charge in [0.1, 0.15) is 0 Å². The highest BCUT2D eigenvalue weighted by Crippen LogP contribution is 2.39. The van der Waals surface area contributed by atoms with E-state index in [1.165, 1.54) is 11.1 Å². The number of aryl methyl sites for hydroxylation is 1. The maximum Gasteiger partial charge on any atom is 0.258 e. The van der Waals surface area contributed by atoms with Gasteiger partial charge in [-0.25, -0.2) is 0 Å². The molecular weight excluding hydrogens is 306 g/mol. The van der Waals surface area contributed by atoms with Crippen LogP contribution in [0, 0.1) is 0 Å². The summed E-state index contributed by atoms with van der Waals surface area (Å²) >= 11 is 0. The number of pyridine rings is 1. The molecule has 4 aromatic rings. The van der Waals surface area contributed by atoms with E-state index in [0.29, 0.717) is 0 Å². The van der Waals surface area contributed by atoms with Gasteiger partial charge >= 0.3 is 0 Å². The van der Waals surface area contributed by atoms with E-state index in [4.69, 9.17) is 0 Å². The van der Waals surface area contributed by atoms with Crippen molar-refractivity contribution in [2.24, 2.45) is 0 Å². The minimum absolute atomic E-state index is 0.111. The molecule has 0 aliphatic carbocycles. The number of hydrogen-bond acceptors (Lipinski definition) is 1. The van der Waals surface area contributed by atoms with Crippen LogP contribution in [0.4, 0.5) is 0 Å². The van der Waals surface area contributed by atoms with Crippen LogP contribution in [-0.4, -0.2) is 4.57 Å². The lowest BCUT2D eigenvalue weighted by Gasteiger charge is -2.26. The highest BCUT2D eigenvalue weighted by atomic mass is 16.1. The lowest BCUT2D eigenvalue weighted by Crippen LogP contribution is -2.27. The van der Waals surface area contributed by atoms with Crippen molar-refractivity contribution < 1.29 is 0 Å². The maximum absolute atomic E-state index is 13.1. The summed E-state index contributed by atoms with van der Waals surface area (Å²) in [6.07, 6.45) is 0.898. The Labute approximate surface area is 146 Å². The van der Waals surface area contributed by atoms with Gasteiger partial charge in [-0.3, -0.25) is 4.79 Å². The predicted octanol–water partition coefficient (Wildman–Crippen LogP) is 4.89. The van der Waals surface area contributed by atoms with Crippen LogP contribution < -0.4 is 5.56 Å². The molecule has 0 fully saturated rings. The normalized spacial score (nSPS) is 12.6. The van der Waals surface area contributed by atoms with Crippen LogP contribution in [0.5, 0.6) is 0 Å². The summed E-state index contributed by atoms with van der Waals surface area (Å²) < 4.78 is 1.97. The first kappa shape index (κ1) is 14.2. The van der Waals surface area contributed by atoms with E-state index in [0.717, 1.165) is 40.6 Å². The molecule has 0 spiro atoms. The zero-order valence-electron chi connectivity index (χ0n) is 13.8. The molecule has 2 heteroatoms. The Morgan fingerprint density at radius 2 is 1.40 bits per heavy atom. The molecule has 2 heterocycles. The molecule has 0 saturated heterocycles. The minimum Gasteiger partial charge on any atom is -0.307 e. The van der Waals surface area contributed by atoms with Crippen molar-refractivity contribution in [1.29, 1.82) is 0 Å². The highest BCUT2D eigenvalue weighted by molar-refractivity contribution is 6.03. The van der Waals surface area contributed by atoms with E-state index in [1.807, 2.05) is 28.8 Å². The van der Waals surface area contributed by atoms with Crippen molar-refractivity contribution in [1.82, 2.24) is 4.57 Å². The van der Waals surface area contributed by atoms with Crippen molar-refractivity contribution in [2.75, 3.05) is 0 Å². The summed E-state index contributed by atoms with van der Waals surface area (Å²) in [6.45, 7) is 0.732. The SMILES string of the molecule is O=c1c2ccccc2c(-c2ccccc2)c2n1CCc1ccccc1-2. The lowest BCUT2D eigenvalue weighted by molar-refractivity contribution is 0.665. The Hall–Kier alpha value is -3.13. The van der Waals surface area contributed by atoms with Gasteiger partial charge in [-0.15, -0.1) is 0 Å². The smallest absolute Gasteiger partial charge is 0.258 e. The van der Waals surface area contributed by atoms with Crippen molar-refractivity contribution in [3.63, 3.8) is 0 Å². The quantitative estimate of drug-likeness (QED) is 0.489. The van der Waals surface area contributed by atoms with Gasteiger partial charge in [0.2, 0.25) is 0 Å². The standard InChI is InChI=1S/C23H17NO/c25-23-20-13-7-6-12-19(20)21(17-9-2-1-3-10-17)22-18-11-5-4-8-16(18)14-15-24(22)23/h1-13H,14-15H2. The summed E-state index contributed by atoms with van der Waals surface area (Å²) in [6, 6.07) is 26.8. The molecule has 5 rings (SSSR count). The molecule has 0 bridgehead atoms. The van der Waals surface area contributed by atoms with Gasteiger partial charge in [0.15, 0.2) is 0 Å². The van der Waals surface area contributed by atoms with Gasteiger partial charge in [-0.05, 0) is 29.0 Å². The minimum atomic E-state index is 0.111. The average Bonchev–Trinajstić information content (AvgIpc) is 2.69. The molecular formula is C23H17NO. The number of nitrogens with zero attached hydrogens (tertiary/aromatic N) is 1. The zero-order valence-corrected chi connectivity index (χ0v) is 13.8. The molecule has 2 nitrogen and oxygen atoms in total. The van der Waals surface area contributed by atoms with Gasteiger partial charge in [0, 0.05) is 23.1 Å². The van der Waals surface area contributed by atoms with E-state index in [1.54, 1.807) is 0 Å². The second kappa shape index (κ2) is 5.45. The van der Waals surface area contributed by atoms with E-state index in [9.17, 15) is 4.79 Å². The van der Waals surface area contributed by atoms with E-state index in [-0.39, 0.29) is 5.56 Å². The number of hydrogen-bond donors (Lipinski definition) is 0. The second-order valence-electron chi connectivity index (χ2n) is 6.50. The molecule has 1 aliphatic rings. The highest BCUT2D eigenvalue weighted by Gasteiger charge is 2.23. The third kappa shape index (κ3) is 2.07. The maximum atomic E-state index is 13.1. The number of aromatic nitrogens is 1. The third-order valence-corrected chi connectivity index (χ3v) is 5.12. The van der Waals surface area contributed by atoms with Crippen LogP contribution in [0.15, 0.2) is 83.7 Å². The molecule has 0 unspecified atom stereocenters. The van der Waals surface area contributed by atoms with Gasteiger partial charge in [0.25, 0.3) is 5.56 Å². The van der Waals surface area contributed by atoms with Crippen molar-refractivity contribution in [3.05, 3.63) is 94.8 Å². The van der Waals surface area contributed by atoms with E-state index < -0.39 is 0 Å². The molecule has 1 aliphatic heterocycles. The monoisotopic (exact) mass is 323 g/mol. The molecule has 1 aromatic heterocycles. The summed E-state index contributed by atoms with van der Waals surface area (Å²) in [5.41, 5.74) is 5.96. The fraction of sp³-hybridized carbons (Fsp3) is 0.0870. The molecule has 25 heavy (non-hydrogen) atoms. The van der Waals surface area contributed by atoms with E-state index in [2.05, 4.69) is 54.6 Å². The Morgan fingerprint density at radius 1 is 0.720 bits per heavy atom. The summed E-state index contributed by atoms with van der Waals surface area (Å²) in [7, 11) is 0. The van der Waals surface area contributed by atoms with Gasteiger partial charge in [0.05, 0.1) is 5.69 Å². The summed E-state index contributed by atoms with van der Waals surface area (Å²) in [5.74, 6) is 0. The Kier molecular flexibility index (Phi) is 3.10. The molecule has 3 aromatic carbocycles. The van der Waals surface area contributed by atoms with Crippen LogP contribution in [0.25, 0.3) is 33.2 Å². The lowest BCUT2D eigenvalue weighted by atomic mass is 9.89. The molecule has 0 atom stereocenters. The average molecular weight is 323 g/mol. The first-order chi connectivity index (χ1) is 12.3. The van der Waals surface area contributed by atoms with Crippen molar-refractivity contribution >= 4 is 10.8 Å². The molecule has 0 amide bonds. The van der Waals surface area contributed by atoms with Crippen molar-refractivity contribution in [2.45, 2.75) is 13.0 Å². The van der Waals surface area contributed by atoms with Gasteiger partial charge < -0.3 is 4.57 Å². The first-order valence-electron chi connectivity index (χ1n) is 8.64. The van der Waals surface area contributed by atoms with Crippen LogP contribution in [0.3, 0.4) is 0 Å². The van der Waals surface area contributed by atoms with Crippen LogP contribution in [0.1, 0.15) is 5.56 Å². The Morgan fingerprint density at radius 3 is 2.24 bits per heavy atom. The van der Waals surface area contributed by atoms with E-state index >= 15 is 0 Å². The van der Waals surface area contributed by atoms with Crippen LogP contribution in [0.2, 0.25) is 0 Å². The summed E-state index contributed by atoms with van der Waals surface area (Å²) in [4.78, 5) is 13.1. The number of rotatable bonds is 1. The largest absolute Gasteiger partial charge is 0.307 e. The summed E-state index contributed by atoms with van der Waals surface area (Å²) in [5, 5.41) is 1.83. The third-order valence-electron chi connectivity index (χ3n) is 5.12. The van der Waals surface area contributed by atoms with Crippen LogP contribution >= 0.6 is 0 Å². The van der Waals surface area contributed by atoms with Gasteiger partial charge in [-0.1, -0.05) is 72.8 Å². The Bertz CT molecular complexity index is 1160. The molecule has 120 valence electrons. The van der Waals surface area contributed by atoms with Crippen LogP contribution in [-0.2, 0) is 13.0 Å². The zero-order chi connectivity index (χ0) is 16.8. The fourth-order valence-corrected chi connectivity index (χ4v) is 3.99. The topological polar surface area (TPSA) is 22.0 Å². The number of fused-ring (bicyclic) bond motifs is 4. The molecule has 0 radical (unpaired) electrons. The van der Waals surface area contributed by atoms with Gasteiger partial charge in [-0.2, -0.15) is 0 Å². The first-order valence-corrected chi connectivity index (χ1v) is 8.64. The Balaban J connectivity index is 2.02. The number of benzene rings is 3. The molecule has 0 saturated carbocycles. The second-order valence-corrected chi connectivity index (χ2v) is 6.50. The predicted molar refractivity (Wildman–Crippen MR) is 103 cm³/mol. The van der Waals surface area contributed by atoms with Crippen molar-refractivity contribution in [3.8, 4) is 22.4 Å². The fourth-order valence-electron chi connectivity index (χ4n) is 3.99.